The van der Waals surface area contributed by atoms with Crippen molar-refractivity contribution >= 4 is 62.3 Å². The van der Waals surface area contributed by atoms with Crippen molar-refractivity contribution in [3.05, 3.63) is 81.3 Å². The maximum atomic E-state index is 14.0. The van der Waals surface area contributed by atoms with Crippen LogP contribution in [0.1, 0.15) is 12.5 Å². The normalized spacial score (nSPS) is 11.9. The molecule has 13 heteroatoms. The topological polar surface area (TPSA) is 105 Å². The Labute approximate surface area is 248 Å². The molecule has 3 rings (SSSR count). The molecule has 214 valence electrons. The van der Waals surface area contributed by atoms with Crippen LogP contribution in [0.25, 0.3) is 0 Å². The van der Waals surface area contributed by atoms with Crippen LogP contribution in [0.5, 0.6) is 11.5 Å². The molecule has 0 aliphatic rings. The number of likely N-dealkylation sites (N-methyl/N-ethyl adjacent to an activating group) is 1. The minimum Gasteiger partial charge on any atom is -0.493 e. The summed E-state index contributed by atoms with van der Waals surface area (Å²) in [5.74, 6) is -0.615. The highest BCUT2D eigenvalue weighted by molar-refractivity contribution is 7.92. The quantitative estimate of drug-likeness (QED) is 0.320. The van der Waals surface area contributed by atoms with E-state index in [4.69, 9.17) is 44.3 Å². The second-order valence-electron chi connectivity index (χ2n) is 8.52. The predicted octanol–water partition coefficient (Wildman–Crippen LogP) is 5.02. The summed E-state index contributed by atoms with van der Waals surface area (Å²) in [6, 6.07) is 14.0. The summed E-state index contributed by atoms with van der Waals surface area (Å²) >= 11 is 18.8. The fourth-order valence-corrected chi connectivity index (χ4v) is 5.96. The van der Waals surface area contributed by atoms with Gasteiger partial charge in [-0.1, -0.05) is 40.9 Å². The van der Waals surface area contributed by atoms with Crippen LogP contribution in [-0.2, 0) is 26.2 Å². The molecular weight excluding hydrogens is 601 g/mol. The molecule has 40 heavy (non-hydrogen) atoms. The van der Waals surface area contributed by atoms with Gasteiger partial charge >= 0.3 is 0 Å². The molecular formula is C27H28Cl3N3O6S. The Morgan fingerprint density at radius 2 is 1.52 bits per heavy atom. The van der Waals surface area contributed by atoms with Gasteiger partial charge in [0, 0.05) is 40.3 Å². The Kier molecular flexibility index (Phi) is 10.5. The smallest absolute Gasteiger partial charge is 0.264 e. The summed E-state index contributed by atoms with van der Waals surface area (Å²) in [5.41, 5.74) is 0.589. The van der Waals surface area contributed by atoms with Gasteiger partial charge in [-0.2, -0.15) is 0 Å². The number of benzene rings is 3. The lowest BCUT2D eigenvalue weighted by molar-refractivity contribution is -0.139. The first-order valence-electron chi connectivity index (χ1n) is 11.9. The van der Waals surface area contributed by atoms with Gasteiger partial charge in [0.05, 0.1) is 24.8 Å². The third-order valence-electron chi connectivity index (χ3n) is 6.14. The number of methoxy groups -OCH3 is 2. The van der Waals surface area contributed by atoms with Crippen molar-refractivity contribution in [3.63, 3.8) is 0 Å². The SMILES string of the molecule is CNC(=O)[C@H](C)N(Cc1c(Cl)cccc1Cl)C(=O)CN(c1ccc(Cl)cc1)S(=O)(=O)c1ccc(OC)c(OC)c1. The Morgan fingerprint density at radius 1 is 0.925 bits per heavy atom. The van der Waals surface area contributed by atoms with Crippen LogP contribution >= 0.6 is 34.8 Å². The van der Waals surface area contributed by atoms with Gasteiger partial charge in [-0.05, 0) is 55.5 Å². The lowest BCUT2D eigenvalue weighted by Crippen LogP contribution is -2.50. The molecule has 9 nitrogen and oxygen atoms in total. The number of amides is 2. The average molecular weight is 629 g/mol. The van der Waals surface area contributed by atoms with E-state index in [1.54, 1.807) is 18.2 Å². The van der Waals surface area contributed by atoms with Gasteiger partial charge in [-0.3, -0.25) is 13.9 Å². The van der Waals surface area contributed by atoms with Crippen molar-refractivity contribution in [1.29, 1.82) is 0 Å². The number of anilines is 1. The molecule has 0 heterocycles. The largest absolute Gasteiger partial charge is 0.493 e. The zero-order chi connectivity index (χ0) is 29.6. The van der Waals surface area contributed by atoms with Crippen LogP contribution in [0.15, 0.2) is 65.6 Å². The van der Waals surface area contributed by atoms with E-state index >= 15 is 0 Å². The molecule has 0 saturated carbocycles. The van der Waals surface area contributed by atoms with Gasteiger partial charge in [0.1, 0.15) is 12.6 Å². The predicted molar refractivity (Wildman–Crippen MR) is 156 cm³/mol. The Balaban J connectivity index is 2.10. The van der Waals surface area contributed by atoms with Gasteiger partial charge in [0.2, 0.25) is 11.8 Å². The molecule has 0 bridgehead atoms. The van der Waals surface area contributed by atoms with Crippen LogP contribution in [-0.4, -0.2) is 59.0 Å². The Hall–Kier alpha value is -3.18. The molecule has 1 N–H and O–H groups in total. The number of hydrogen-bond donors (Lipinski definition) is 1. The fourth-order valence-electron chi connectivity index (χ4n) is 3.89. The summed E-state index contributed by atoms with van der Waals surface area (Å²) in [7, 11) is -0.0930. The minimum atomic E-state index is -4.34. The third-order valence-corrected chi connectivity index (χ3v) is 8.87. The number of hydrogen-bond acceptors (Lipinski definition) is 6. The lowest BCUT2D eigenvalue weighted by atomic mass is 10.1. The van der Waals surface area contributed by atoms with Gasteiger partial charge in [-0.25, -0.2) is 8.42 Å². The van der Waals surface area contributed by atoms with E-state index in [9.17, 15) is 18.0 Å². The van der Waals surface area contributed by atoms with Crippen LogP contribution < -0.4 is 19.1 Å². The first-order chi connectivity index (χ1) is 18.9. The molecule has 0 aliphatic carbocycles. The van der Waals surface area contributed by atoms with Gasteiger partial charge in [-0.15, -0.1) is 0 Å². The zero-order valence-electron chi connectivity index (χ0n) is 22.2. The summed E-state index contributed by atoms with van der Waals surface area (Å²) in [5, 5.41) is 3.48. The van der Waals surface area contributed by atoms with Crippen molar-refractivity contribution in [2.75, 3.05) is 32.1 Å². The maximum absolute atomic E-state index is 14.0. The second-order valence-corrected chi connectivity index (χ2v) is 11.6. The fraction of sp³-hybridized carbons (Fsp3) is 0.259. The van der Waals surface area contributed by atoms with Gasteiger partial charge in [0.15, 0.2) is 11.5 Å². The highest BCUT2D eigenvalue weighted by Crippen LogP contribution is 2.33. The Morgan fingerprint density at radius 3 is 2.08 bits per heavy atom. The lowest BCUT2D eigenvalue weighted by Gasteiger charge is -2.32. The number of carbonyl (C=O) groups is 2. The summed E-state index contributed by atoms with van der Waals surface area (Å²) in [6.45, 7) is 0.732. The number of rotatable bonds is 11. The van der Waals surface area contributed by atoms with E-state index in [1.165, 1.54) is 75.6 Å². The van der Waals surface area contributed by atoms with Crippen LogP contribution in [0.2, 0.25) is 15.1 Å². The molecule has 0 radical (unpaired) electrons. The molecule has 1 atom stereocenters. The van der Waals surface area contributed by atoms with Crippen molar-refractivity contribution in [2.24, 2.45) is 0 Å². The van der Waals surface area contributed by atoms with E-state index in [0.29, 0.717) is 26.4 Å². The molecule has 0 unspecified atom stereocenters. The minimum absolute atomic E-state index is 0.142. The monoisotopic (exact) mass is 627 g/mol. The third kappa shape index (κ3) is 6.93. The van der Waals surface area contributed by atoms with Crippen molar-refractivity contribution in [1.82, 2.24) is 10.2 Å². The average Bonchev–Trinajstić information content (AvgIpc) is 2.94. The number of halogens is 3. The molecule has 3 aromatic carbocycles. The molecule has 0 fully saturated rings. The van der Waals surface area contributed by atoms with E-state index in [1.807, 2.05) is 0 Å². The molecule has 3 aromatic rings. The Bertz CT molecular complexity index is 1470. The number of nitrogens with zero attached hydrogens (tertiary/aromatic N) is 2. The highest BCUT2D eigenvalue weighted by atomic mass is 35.5. The van der Waals surface area contributed by atoms with Crippen LogP contribution in [0, 0.1) is 0 Å². The van der Waals surface area contributed by atoms with Crippen molar-refractivity contribution in [3.8, 4) is 11.5 Å². The summed E-state index contributed by atoms with van der Waals surface area (Å²) < 4.78 is 39.4. The van der Waals surface area contributed by atoms with Crippen molar-refractivity contribution in [2.45, 2.75) is 24.4 Å². The number of nitrogens with one attached hydrogen (secondary N) is 1. The standard InChI is InChI=1S/C27H28Cl3N3O6S/c1-17(27(35)31-2)32(15-21-22(29)6-5-7-23(21)30)26(34)16-33(19-10-8-18(28)9-11-19)40(36,37)20-12-13-24(38-3)25(14-20)39-4/h5-14,17H,15-16H2,1-4H3,(H,31,35)/t17-/m0/s1. The maximum Gasteiger partial charge on any atom is 0.264 e. The van der Waals surface area contributed by atoms with Crippen LogP contribution in [0.4, 0.5) is 5.69 Å². The number of carbonyl (C=O) groups excluding carboxylic acids is 2. The molecule has 0 aliphatic heterocycles. The van der Waals surface area contributed by atoms with E-state index in [2.05, 4.69) is 5.32 Å². The first kappa shape index (κ1) is 31.3. The number of ether oxygens (including phenoxy) is 2. The molecule has 2 amide bonds. The molecule has 0 saturated heterocycles. The first-order valence-corrected chi connectivity index (χ1v) is 14.5. The highest BCUT2D eigenvalue weighted by Gasteiger charge is 2.33. The second kappa shape index (κ2) is 13.5. The van der Waals surface area contributed by atoms with Crippen molar-refractivity contribution < 1.29 is 27.5 Å². The van der Waals surface area contributed by atoms with Crippen LogP contribution in [0.3, 0.4) is 0 Å². The van der Waals surface area contributed by atoms with E-state index < -0.39 is 34.4 Å². The van der Waals surface area contributed by atoms with E-state index in [-0.39, 0.29) is 22.9 Å². The molecule has 0 spiro atoms. The zero-order valence-corrected chi connectivity index (χ0v) is 25.2. The summed E-state index contributed by atoms with van der Waals surface area (Å²) in [4.78, 5) is 27.6. The van der Waals surface area contributed by atoms with Gasteiger partial charge in [0.25, 0.3) is 10.0 Å². The summed E-state index contributed by atoms with van der Waals surface area (Å²) in [6.07, 6.45) is 0. The van der Waals surface area contributed by atoms with E-state index in [0.717, 1.165) is 4.31 Å². The number of sulfonamides is 1. The van der Waals surface area contributed by atoms with Gasteiger partial charge < -0.3 is 19.7 Å². The molecule has 0 aromatic heterocycles.